The number of carbonyl (C=O) groups is 1. The molecule has 0 saturated carbocycles. The van der Waals surface area contributed by atoms with Crippen molar-refractivity contribution in [1.29, 1.82) is 0 Å². The predicted molar refractivity (Wildman–Crippen MR) is 66.1 cm³/mol. The van der Waals surface area contributed by atoms with Gasteiger partial charge in [-0.2, -0.15) is 0 Å². The van der Waals surface area contributed by atoms with E-state index in [0.717, 1.165) is 24.1 Å². The Bertz CT molecular complexity index is 342. The van der Waals surface area contributed by atoms with Gasteiger partial charge in [0.25, 0.3) is 0 Å². The van der Waals surface area contributed by atoms with Crippen molar-refractivity contribution < 1.29 is 9.53 Å². The maximum Gasteiger partial charge on any atom is 0.411 e. The van der Waals surface area contributed by atoms with Crippen molar-refractivity contribution in [3.63, 3.8) is 0 Å². The Balaban J connectivity index is 2.29. The van der Waals surface area contributed by atoms with Crippen molar-refractivity contribution in [2.24, 2.45) is 0 Å². The molecule has 88 valence electrons. The minimum absolute atomic E-state index is 0.407. The number of rotatable bonds is 5. The maximum atomic E-state index is 11.3. The van der Waals surface area contributed by atoms with Gasteiger partial charge in [-0.3, -0.25) is 5.32 Å². The van der Waals surface area contributed by atoms with Crippen molar-refractivity contribution in [1.82, 2.24) is 0 Å². The lowest BCUT2D eigenvalue weighted by atomic mass is 10.2. The van der Waals surface area contributed by atoms with E-state index in [4.69, 9.17) is 16.3 Å². The summed E-state index contributed by atoms with van der Waals surface area (Å²) in [6.45, 7) is 2.38. The molecular formula is C12H16ClNO2. The zero-order valence-electron chi connectivity index (χ0n) is 9.33. The highest BCUT2D eigenvalue weighted by atomic mass is 35.5. The largest absolute Gasteiger partial charge is 0.449 e. The molecule has 3 nitrogen and oxygen atoms in total. The lowest BCUT2D eigenvalue weighted by Gasteiger charge is -2.06. The third-order valence-corrected chi connectivity index (χ3v) is 2.29. The van der Waals surface area contributed by atoms with E-state index >= 15 is 0 Å². The summed E-state index contributed by atoms with van der Waals surface area (Å²) < 4.78 is 4.98. The van der Waals surface area contributed by atoms with Crippen molar-refractivity contribution in [2.45, 2.75) is 19.8 Å². The third kappa shape index (κ3) is 5.03. The second-order valence-electron chi connectivity index (χ2n) is 3.53. The van der Waals surface area contributed by atoms with Crippen LogP contribution in [0.25, 0.3) is 0 Å². The van der Waals surface area contributed by atoms with Gasteiger partial charge in [0.1, 0.15) is 0 Å². The molecule has 0 atom stereocenters. The summed E-state index contributed by atoms with van der Waals surface area (Å²) >= 11 is 5.51. The first-order valence-electron chi connectivity index (χ1n) is 5.29. The molecule has 0 radical (unpaired) electrons. The normalized spacial score (nSPS) is 9.88. The maximum absolute atomic E-state index is 11.3. The van der Waals surface area contributed by atoms with Crippen molar-refractivity contribution >= 4 is 23.4 Å². The molecule has 0 aliphatic carbocycles. The Morgan fingerprint density at radius 1 is 1.44 bits per heavy atom. The molecule has 1 aromatic rings. The van der Waals surface area contributed by atoms with Crippen LogP contribution in [0.15, 0.2) is 24.3 Å². The van der Waals surface area contributed by atoms with Crippen LogP contribution in [0.3, 0.4) is 0 Å². The molecule has 0 fully saturated rings. The number of anilines is 1. The SMILES string of the molecule is Cc1cccc(NC(=O)OCCCCCl)c1. The number of carbonyl (C=O) groups excluding carboxylic acids is 1. The summed E-state index contributed by atoms with van der Waals surface area (Å²) in [5, 5.41) is 2.67. The second kappa shape index (κ2) is 7.12. The average molecular weight is 242 g/mol. The van der Waals surface area contributed by atoms with E-state index in [1.165, 1.54) is 0 Å². The monoisotopic (exact) mass is 241 g/mol. The van der Waals surface area contributed by atoms with Crippen molar-refractivity contribution in [3.8, 4) is 0 Å². The van der Waals surface area contributed by atoms with Gasteiger partial charge in [-0.05, 0) is 37.5 Å². The third-order valence-electron chi connectivity index (χ3n) is 2.03. The summed E-state index contributed by atoms with van der Waals surface area (Å²) in [4.78, 5) is 11.3. The Morgan fingerprint density at radius 2 is 2.25 bits per heavy atom. The van der Waals surface area contributed by atoms with Gasteiger partial charge in [0.2, 0.25) is 0 Å². The Morgan fingerprint density at radius 3 is 2.94 bits per heavy atom. The molecule has 0 aliphatic heterocycles. The number of halogens is 1. The molecule has 4 heteroatoms. The Kier molecular flexibility index (Phi) is 5.72. The minimum Gasteiger partial charge on any atom is -0.449 e. The van der Waals surface area contributed by atoms with Crippen LogP contribution in [0.2, 0.25) is 0 Å². The van der Waals surface area contributed by atoms with Crippen LogP contribution in [0.4, 0.5) is 10.5 Å². The van der Waals surface area contributed by atoms with Crippen LogP contribution < -0.4 is 5.32 Å². The van der Waals surface area contributed by atoms with Gasteiger partial charge in [-0.25, -0.2) is 4.79 Å². The average Bonchev–Trinajstić information content (AvgIpc) is 2.24. The van der Waals surface area contributed by atoms with E-state index in [9.17, 15) is 4.79 Å². The molecule has 0 saturated heterocycles. The Hall–Kier alpha value is -1.22. The summed E-state index contributed by atoms with van der Waals surface area (Å²) in [7, 11) is 0. The molecule has 1 N–H and O–H groups in total. The van der Waals surface area contributed by atoms with E-state index in [0.29, 0.717) is 12.5 Å². The van der Waals surface area contributed by atoms with E-state index in [1.54, 1.807) is 0 Å². The highest BCUT2D eigenvalue weighted by molar-refractivity contribution is 6.17. The summed E-state index contributed by atoms with van der Waals surface area (Å²) in [5.41, 5.74) is 1.85. The zero-order chi connectivity index (χ0) is 11.8. The van der Waals surface area contributed by atoms with Crippen LogP contribution in [-0.4, -0.2) is 18.6 Å². The molecule has 0 heterocycles. The van der Waals surface area contributed by atoms with Crippen LogP contribution in [0, 0.1) is 6.92 Å². The molecule has 1 amide bonds. The predicted octanol–water partition coefficient (Wildman–Crippen LogP) is 3.56. The summed E-state index contributed by atoms with van der Waals surface area (Å²) in [6, 6.07) is 7.57. The molecule has 1 aromatic carbocycles. The molecule has 0 aromatic heterocycles. The molecular weight excluding hydrogens is 226 g/mol. The summed E-state index contributed by atoms with van der Waals surface area (Å²) in [6.07, 6.45) is 1.24. The first kappa shape index (κ1) is 12.8. The van der Waals surface area contributed by atoms with E-state index in [-0.39, 0.29) is 0 Å². The quantitative estimate of drug-likeness (QED) is 0.632. The molecule has 0 aliphatic rings. The number of aryl methyl sites for hydroxylation is 1. The number of hydrogen-bond donors (Lipinski definition) is 1. The zero-order valence-corrected chi connectivity index (χ0v) is 10.1. The highest BCUT2D eigenvalue weighted by Gasteiger charge is 2.02. The number of unbranched alkanes of at least 4 members (excludes halogenated alkanes) is 1. The van der Waals surface area contributed by atoms with E-state index < -0.39 is 6.09 Å². The topological polar surface area (TPSA) is 38.3 Å². The number of nitrogens with one attached hydrogen (secondary N) is 1. The summed E-state index contributed by atoms with van der Waals surface area (Å²) in [5.74, 6) is 0.600. The number of amides is 1. The standard InChI is InChI=1S/C12H16ClNO2/c1-10-5-4-6-11(9-10)14-12(15)16-8-3-2-7-13/h4-6,9H,2-3,7-8H2,1H3,(H,14,15). The lowest BCUT2D eigenvalue weighted by Crippen LogP contribution is -2.14. The molecule has 0 unspecified atom stereocenters. The fourth-order valence-electron chi connectivity index (χ4n) is 1.24. The fourth-order valence-corrected chi connectivity index (χ4v) is 1.43. The van der Waals surface area contributed by atoms with Gasteiger partial charge in [0, 0.05) is 11.6 Å². The minimum atomic E-state index is -0.417. The first-order chi connectivity index (χ1) is 7.72. The molecule has 0 bridgehead atoms. The van der Waals surface area contributed by atoms with E-state index in [2.05, 4.69) is 5.32 Å². The van der Waals surface area contributed by atoms with Crippen molar-refractivity contribution in [2.75, 3.05) is 17.8 Å². The second-order valence-corrected chi connectivity index (χ2v) is 3.90. The van der Waals surface area contributed by atoms with Crippen LogP contribution in [-0.2, 0) is 4.74 Å². The van der Waals surface area contributed by atoms with Gasteiger partial charge >= 0.3 is 6.09 Å². The van der Waals surface area contributed by atoms with Gasteiger partial charge < -0.3 is 4.74 Å². The molecule has 1 rings (SSSR count). The first-order valence-corrected chi connectivity index (χ1v) is 5.82. The van der Waals surface area contributed by atoms with E-state index in [1.807, 2.05) is 31.2 Å². The van der Waals surface area contributed by atoms with Gasteiger partial charge in [-0.15, -0.1) is 11.6 Å². The smallest absolute Gasteiger partial charge is 0.411 e. The van der Waals surface area contributed by atoms with Crippen molar-refractivity contribution in [3.05, 3.63) is 29.8 Å². The Labute approximate surface area is 101 Å². The number of alkyl halides is 1. The number of ether oxygens (including phenoxy) is 1. The number of benzene rings is 1. The molecule has 16 heavy (non-hydrogen) atoms. The fraction of sp³-hybridized carbons (Fsp3) is 0.417. The van der Waals surface area contributed by atoms with Gasteiger partial charge in [0.15, 0.2) is 0 Å². The highest BCUT2D eigenvalue weighted by Crippen LogP contribution is 2.09. The van der Waals surface area contributed by atoms with Gasteiger partial charge in [-0.1, -0.05) is 12.1 Å². The molecule has 0 spiro atoms. The van der Waals surface area contributed by atoms with Crippen LogP contribution >= 0.6 is 11.6 Å². The van der Waals surface area contributed by atoms with Crippen LogP contribution in [0.5, 0.6) is 0 Å². The van der Waals surface area contributed by atoms with Gasteiger partial charge in [0.05, 0.1) is 6.61 Å². The lowest BCUT2D eigenvalue weighted by molar-refractivity contribution is 0.160. The number of hydrogen-bond acceptors (Lipinski definition) is 2. The van der Waals surface area contributed by atoms with Crippen LogP contribution in [0.1, 0.15) is 18.4 Å².